The second kappa shape index (κ2) is 8.73. The van der Waals surface area contributed by atoms with E-state index in [9.17, 15) is 14.4 Å². The fraction of sp³-hybridized carbons (Fsp3) is 0.524. The van der Waals surface area contributed by atoms with Crippen LogP contribution >= 0.6 is 0 Å². The number of aromatic nitrogens is 2. The predicted molar refractivity (Wildman–Crippen MR) is 109 cm³/mol. The molecular weight excluding hydrogens is 370 g/mol. The number of hydrogen-bond acceptors (Lipinski definition) is 5. The molecular formula is C21H27N5O3. The topological polar surface area (TPSA) is 78.8 Å². The van der Waals surface area contributed by atoms with Gasteiger partial charge in [-0.25, -0.2) is 4.68 Å². The van der Waals surface area contributed by atoms with E-state index in [0.717, 1.165) is 31.3 Å². The molecule has 0 unspecified atom stereocenters. The van der Waals surface area contributed by atoms with Crippen LogP contribution in [-0.4, -0.2) is 82.1 Å². The number of rotatable bonds is 4. The number of carbonyl (C=O) groups excluding carboxylic acids is 2. The summed E-state index contributed by atoms with van der Waals surface area (Å²) < 4.78 is 1.23. The highest BCUT2D eigenvalue weighted by atomic mass is 16.2. The van der Waals surface area contributed by atoms with Gasteiger partial charge in [-0.3, -0.25) is 19.3 Å². The fourth-order valence-electron chi connectivity index (χ4n) is 4.06. The molecule has 0 saturated carbocycles. The lowest BCUT2D eigenvalue weighted by Crippen LogP contribution is -2.52. The second-order valence-corrected chi connectivity index (χ2v) is 7.79. The zero-order valence-electron chi connectivity index (χ0n) is 16.6. The molecule has 1 aromatic heterocycles. The number of piperidine rings is 1. The quantitative estimate of drug-likeness (QED) is 0.753. The number of nitrogens with zero attached hydrogens (tertiary/aromatic N) is 5. The molecule has 0 atom stereocenters. The van der Waals surface area contributed by atoms with Crippen molar-refractivity contribution >= 4 is 22.6 Å². The first-order valence-electron chi connectivity index (χ1n) is 10.3. The van der Waals surface area contributed by atoms with Crippen LogP contribution in [0.2, 0.25) is 0 Å². The Bertz CT molecular complexity index is 943. The predicted octanol–water partition coefficient (Wildman–Crippen LogP) is 0.553. The van der Waals surface area contributed by atoms with Gasteiger partial charge in [-0.1, -0.05) is 18.2 Å². The van der Waals surface area contributed by atoms with Crippen molar-refractivity contribution in [2.75, 3.05) is 45.8 Å². The van der Waals surface area contributed by atoms with Gasteiger partial charge in [0.05, 0.1) is 18.1 Å². The maximum Gasteiger partial charge on any atom is 0.275 e. The van der Waals surface area contributed by atoms with Gasteiger partial charge < -0.3 is 9.80 Å². The molecule has 8 heteroatoms. The molecule has 0 radical (unpaired) electrons. The number of amides is 2. The molecule has 0 bridgehead atoms. The Morgan fingerprint density at radius 2 is 1.48 bits per heavy atom. The number of hydrogen-bond donors (Lipinski definition) is 0. The Labute approximate surface area is 169 Å². The second-order valence-electron chi connectivity index (χ2n) is 7.79. The first-order chi connectivity index (χ1) is 14.1. The van der Waals surface area contributed by atoms with E-state index < -0.39 is 0 Å². The molecule has 3 heterocycles. The summed E-state index contributed by atoms with van der Waals surface area (Å²) >= 11 is 0. The normalized spacial score (nSPS) is 18.2. The maximum atomic E-state index is 12.7. The maximum absolute atomic E-state index is 12.7. The molecule has 0 N–H and O–H groups in total. The Balaban J connectivity index is 1.31. The summed E-state index contributed by atoms with van der Waals surface area (Å²) in [5.41, 5.74) is -0.248. The van der Waals surface area contributed by atoms with Crippen molar-refractivity contribution in [3.63, 3.8) is 0 Å². The fourth-order valence-corrected chi connectivity index (χ4v) is 4.06. The molecule has 0 aliphatic carbocycles. The van der Waals surface area contributed by atoms with Gasteiger partial charge in [0.2, 0.25) is 11.8 Å². The van der Waals surface area contributed by atoms with Crippen LogP contribution in [0.1, 0.15) is 19.3 Å². The molecule has 4 rings (SSSR count). The number of likely N-dealkylation sites (tertiary alicyclic amines) is 1. The van der Waals surface area contributed by atoms with Crippen LogP contribution in [0.25, 0.3) is 10.8 Å². The number of fused-ring (bicyclic) bond motifs is 1. The molecule has 8 nitrogen and oxygen atoms in total. The average Bonchev–Trinajstić information content (AvgIpc) is 2.77. The first kappa shape index (κ1) is 19.6. The van der Waals surface area contributed by atoms with Crippen molar-refractivity contribution < 1.29 is 9.59 Å². The van der Waals surface area contributed by atoms with Crippen LogP contribution in [0.5, 0.6) is 0 Å². The van der Waals surface area contributed by atoms with Crippen LogP contribution in [-0.2, 0) is 16.1 Å². The van der Waals surface area contributed by atoms with Gasteiger partial charge in [-0.2, -0.15) is 5.10 Å². The third kappa shape index (κ3) is 4.48. The van der Waals surface area contributed by atoms with Crippen LogP contribution < -0.4 is 5.56 Å². The van der Waals surface area contributed by atoms with Crippen molar-refractivity contribution in [3.8, 4) is 0 Å². The van der Waals surface area contributed by atoms with E-state index in [4.69, 9.17) is 0 Å². The standard InChI is InChI=1S/C21H27N5O3/c27-19(24-8-4-1-5-9-24)15-23-10-12-25(13-11-23)20(28)16-26-21(29)18-7-3-2-6-17(18)14-22-26/h2-3,6-7,14H,1,4-5,8-13,15-16H2. The minimum Gasteiger partial charge on any atom is -0.342 e. The summed E-state index contributed by atoms with van der Waals surface area (Å²) in [5, 5.41) is 5.48. The summed E-state index contributed by atoms with van der Waals surface area (Å²) in [6.45, 7) is 4.57. The van der Waals surface area contributed by atoms with Gasteiger partial charge in [0.15, 0.2) is 0 Å². The number of carbonyl (C=O) groups is 2. The largest absolute Gasteiger partial charge is 0.342 e. The Morgan fingerprint density at radius 3 is 2.24 bits per heavy atom. The summed E-state index contributed by atoms with van der Waals surface area (Å²) in [6, 6.07) is 7.24. The lowest BCUT2D eigenvalue weighted by Gasteiger charge is -2.36. The van der Waals surface area contributed by atoms with Crippen LogP contribution in [0.3, 0.4) is 0 Å². The molecule has 1 aromatic carbocycles. The first-order valence-corrected chi connectivity index (χ1v) is 10.3. The van der Waals surface area contributed by atoms with Gasteiger partial charge in [0.1, 0.15) is 6.54 Å². The zero-order chi connectivity index (χ0) is 20.2. The van der Waals surface area contributed by atoms with E-state index in [-0.39, 0.29) is 23.9 Å². The molecule has 2 aliphatic heterocycles. The molecule has 2 amide bonds. The average molecular weight is 397 g/mol. The third-order valence-electron chi connectivity index (χ3n) is 5.84. The summed E-state index contributed by atoms with van der Waals surface area (Å²) in [5.74, 6) is 0.0771. The van der Waals surface area contributed by atoms with Crippen molar-refractivity contribution in [1.29, 1.82) is 0 Å². The zero-order valence-corrected chi connectivity index (χ0v) is 16.6. The molecule has 0 spiro atoms. The van der Waals surface area contributed by atoms with E-state index >= 15 is 0 Å². The van der Waals surface area contributed by atoms with Crippen LogP contribution in [0.4, 0.5) is 0 Å². The monoisotopic (exact) mass is 397 g/mol. The molecule has 2 aromatic rings. The SMILES string of the molecule is O=C(CN1CCN(C(=O)Cn2ncc3ccccc3c2=O)CC1)N1CCCCC1. The van der Waals surface area contributed by atoms with Crippen molar-refractivity contribution in [3.05, 3.63) is 40.8 Å². The van der Waals surface area contributed by atoms with E-state index in [0.29, 0.717) is 38.1 Å². The van der Waals surface area contributed by atoms with Gasteiger partial charge in [-0.15, -0.1) is 0 Å². The smallest absolute Gasteiger partial charge is 0.275 e. The third-order valence-corrected chi connectivity index (χ3v) is 5.84. The van der Waals surface area contributed by atoms with Gasteiger partial charge in [-0.05, 0) is 25.3 Å². The number of piperazine rings is 1. The summed E-state index contributed by atoms with van der Waals surface area (Å²) in [6.07, 6.45) is 5.01. The van der Waals surface area contributed by atoms with Crippen LogP contribution in [0.15, 0.2) is 35.3 Å². The van der Waals surface area contributed by atoms with E-state index in [1.807, 2.05) is 17.0 Å². The molecule has 154 valence electrons. The highest BCUT2D eigenvalue weighted by molar-refractivity contribution is 5.81. The van der Waals surface area contributed by atoms with Crippen molar-refractivity contribution in [1.82, 2.24) is 24.5 Å². The summed E-state index contributed by atoms with van der Waals surface area (Å²) in [7, 11) is 0. The molecule has 29 heavy (non-hydrogen) atoms. The van der Waals surface area contributed by atoms with Crippen molar-refractivity contribution in [2.24, 2.45) is 0 Å². The summed E-state index contributed by atoms with van der Waals surface area (Å²) in [4.78, 5) is 43.5. The number of benzene rings is 1. The lowest BCUT2D eigenvalue weighted by atomic mass is 10.1. The highest BCUT2D eigenvalue weighted by Crippen LogP contribution is 2.11. The Morgan fingerprint density at radius 1 is 0.828 bits per heavy atom. The highest BCUT2D eigenvalue weighted by Gasteiger charge is 2.25. The molecule has 2 aliphatic rings. The van der Waals surface area contributed by atoms with E-state index in [1.54, 1.807) is 23.2 Å². The van der Waals surface area contributed by atoms with Gasteiger partial charge in [0.25, 0.3) is 5.56 Å². The van der Waals surface area contributed by atoms with Crippen LogP contribution in [0, 0.1) is 0 Å². The van der Waals surface area contributed by atoms with E-state index in [2.05, 4.69) is 10.00 Å². The van der Waals surface area contributed by atoms with Gasteiger partial charge in [0, 0.05) is 44.7 Å². The lowest BCUT2D eigenvalue weighted by molar-refractivity contribution is -0.136. The molecule has 2 fully saturated rings. The minimum absolute atomic E-state index is 0.0592. The Hall–Kier alpha value is -2.74. The van der Waals surface area contributed by atoms with Crippen molar-refractivity contribution in [2.45, 2.75) is 25.8 Å². The minimum atomic E-state index is -0.248. The van der Waals surface area contributed by atoms with Gasteiger partial charge >= 0.3 is 0 Å². The van der Waals surface area contributed by atoms with E-state index in [1.165, 1.54) is 11.1 Å². The molecule has 2 saturated heterocycles. The Kier molecular flexibility index (Phi) is 5.89.